The molecule has 0 atom stereocenters. The lowest BCUT2D eigenvalue weighted by atomic mass is 9.80. The maximum absolute atomic E-state index is 12.4. The third-order valence-corrected chi connectivity index (χ3v) is 3.56. The largest absolute Gasteiger partial charge is 0.381 e. The van der Waals surface area contributed by atoms with E-state index in [-0.39, 0.29) is 5.91 Å². The number of carbonyl (C=O) groups is 1. The summed E-state index contributed by atoms with van der Waals surface area (Å²) in [5, 5.41) is 9.31. The van der Waals surface area contributed by atoms with E-state index in [4.69, 9.17) is 4.74 Å². The molecule has 0 N–H and O–H groups in total. The van der Waals surface area contributed by atoms with Crippen LogP contribution in [0.5, 0.6) is 0 Å². The van der Waals surface area contributed by atoms with Crippen LogP contribution < -0.4 is 0 Å². The van der Waals surface area contributed by atoms with E-state index in [1.165, 1.54) is 0 Å². The highest BCUT2D eigenvalue weighted by Crippen LogP contribution is 2.36. The fraction of sp³-hybridized carbons (Fsp3) is 0.833. The van der Waals surface area contributed by atoms with Crippen LogP contribution in [0, 0.1) is 16.7 Å². The third kappa shape index (κ3) is 1.92. The van der Waals surface area contributed by atoms with E-state index >= 15 is 0 Å². The van der Waals surface area contributed by atoms with Gasteiger partial charge in [-0.3, -0.25) is 4.79 Å². The number of nitrogens with zero attached hydrogens (tertiary/aromatic N) is 2. The predicted octanol–water partition coefficient (Wildman–Crippen LogP) is 1.32. The second-order valence-corrected chi connectivity index (χ2v) is 4.63. The number of rotatable bonds is 3. The van der Waals surface area contributed by atoms with Gasteiger partial charge in [-0.2, -0.15) is 5.26 Å². The average molecular weight is 222 g/mol. The molecule has 0 unspecified atom stereocenters. The molecule has 88 valence electrons. The molecule has 2 fully saturated rings. The van der Waals surface area contributed by atoms with Gasteiger partial charge in [0, 0.05) is 25.8 Å². The van der Waals surface area contributed by atoms with Crippen molar-refractivity contribution in [1.29, 1.82) is 5.26 Å². The van der Waals surface area contributed by atoms with E-state index in [0.29, 0.717) is 38.6 Å². The molecular weight excluding hydrogens is 204 g/mol. The van der Waals surface area contributed by atoms with Crippen LogP contribution in [0.1, 0.15) is 32.6 Å². The van der Waals surface area contributed by atoms with E-state index in [2.05, 4.69) is 6.07 Å². The highest BCUT2D eigenvalue weighted by atomic mass is 16.5. The zero-order valence-corrected chi connectivity index (χ0v) is 9.74. The monoisotopic (exact) mass is 222 g/mol. The van der Waals surface area contributed by atoms with E-state index in [9.17, 15) is 10.1 Å². The van der Waals surface area contributed by atoms with Crippen molar-refractivity contribution < 1.29 is 9.53 Å². The second kappa shape index (κ2) is 4.42. The molecule has 2 rings (SSSR count). The number of amides is 1. The van der Waals surface area contributed by atoms with Crippen LogP contribution in [0.4, 0.5) is 0 Å². The lowest BCUT2D eigenvalue weighted by Crippen LogP contribution is -2.47. The molecular formula is C12H18N2O2. The molecule has 16 heavy (non-hydrogen) atoms. The topological polar surface area (TPSA) is 53.3 Å². The summed E-state index contributed by atoms with van der Waals surface area (Å²) >= 11 is 0. The van der Waals surface area contributed by atoms with Gasteiger partial charge in [-0.15, -0.1) is 0 Å². The molecule has 0 aromatic rings. The van der Waals surface area contributed by atoms with Crippen LogP contribution in [-0.4, -0.2) is 36.6 Å². The smallest absolute Gasteiger partial charge is 0.243 e. The van der Waals surface area contributed by atoms with Crippen LogP contribution in [-0.2, 0) is 9.53 Å². The third-order valence-electron chi connectivity index (χ3n) is 3.56. The Kier molecular flexibility index (Phi) is 3.15. The standard InChI is InChI=1S/C12H18N2O2/c1-2-14(10-3-4-10)11(15)12(9-13)5-7-16-8-6-12/h10H,2-8H2,1H3. The number of hydrogen-bond acceptors (Lipinski definition) is 3. The summed E-state index contributed by atoms with van der Waals surface area (Å²) in [5.41, 5.74) is -0.809. The molecule has 2 aliphatic rings. The molecule has 4 heteroatoms. The maximum Gasteiger partial charge on any atom is 0.243 e. The fourth-order valence-corrected chi connectivity index (χ4v) is 2.32. The fourth-order valence-electron chi connectivity index (χ4n) is 2.32. The van der Waals surface area contributed by atoms with Crippen LogP contribution in [0.15, 0.2) is 0 Å². The normalized spacial score (nSPS) is 23.5. The molecule has 0 aromatic heterocycles. The van der Waals surface area contributed by atoms with Crippen molar-refractivity contribution in [2.24, 2.45) is 5.41 Å². The molecule has 1 saturated carbocycles. The minimum absolute atomic E-state index is 0.0308. The molecule has 0 aromatic carbocycles. The predicted molar refractivity (Wildman–Crippen MR) is 58.5 cm³/mol. The molecule has 0 radical (unpaired) electrons. The van der Waals surface area contributed by atoms with Crippen molar-refractivity contribution in [3.05, 3.63) is 0 Å². The molecule has 1 saturated heterocycles. The van der Waals surface area contributed by atoms with Gasteiger partial charge in [0.1, 0.15) is 5.41 Å². The van der Waals surface area contributed by atoms with Gasteiger partial charge in [0.25, 0.3) is 0 Å². The van der Waals surface area contributed by atoms with Crippen LogP contribution in [0.25, 0.3) is 0 Å². The van der Waals surface area contributed by atoms with Crippen molar-refractivity contribution in [2.75, 3.05) is 19.8 Å². The number of hydrogen-bond donors (Lipinski definition) is 0. The number of ether oxygens (including phenoxy) is 1. The first kappa shape index (κ1) is 11.4. The summed E-state index contributed by atoms with van der Waals surface area (Å²) in [5.74, 6) is 0.0308. The van der Waals surface area contributed by atoms with Gasteiger partial charge in [0.15, 0.2) is 0 Å². The Morgan fingerprint density at radius 1 is 1.50 bits per heavy atom. The van der Waals surface area contributed by atoms with Gasteiger partial charge < -0.3 is 9.64 Å². The van der Waals surface area contributed by atoms with E-state index < -0.39 is 5.41 Å². The van der Waals surface area contributed by atoms with Crippen LogP contribution in [0.2, 0.25) is 0 Å². The van der Waals surface area contributed by atoms with Gasteiger partial charge in [-0.05, 0) is 32.6 Å². The van der Waals surface area contributed by atoms with Crippen LogP contribution >= 0.6 is 0 Å². The Hall–Kier alpha value is -1.08. The first-order valence-corrected chi connectivity index (χ1v) is 6.03. The van der Waals surface area contributed by atoms with Crippen molar-refractivity contribution in [1.82, 2.24) is 4.90 Å². The molecule has 1 amide bonds. The maximum atomic E-state index is 12.4. The minimum atomic E-state index is -0.809. The Balaban J connectivity index is 2.13. The summed E-state index contributed by atoms with van der Waals surface area (Å²) in [7, 11) is 0. The second-order valence-electron chi connectivity index (χ2n) is 4.63. The van der Waals surface area contributed by atoms with Crippen LogP contribution in [0.3, 0.4) is 0 Å². The van der Waals surface area contributed by atoms with Crippen molar-refractivity contribution in [2.45, 2.75) is 38.6 Å². The Bertz CT molecular complexity index is 311. The minimum Gasteiger partial charge on any atom is -0.381 e. The van der Waals surface area contributed by atoms with Crippen molar-refractivity contribution >= 4 is 5.91 Å². The van der Waals surface area contributed by atoms with Gasteiger partial charge in [-0.25, -0.2) is 0 Å². The highest BCUT2D eigenvalue weighted by molar-refractivity contribution is 5.86. The molecule has 1 heterocycles. The van der Waals surface area contributed by atoms with Gasteiger partial charge >= 0.3 is 0 Å². The number of carbonyl (C=O) groups excluding carboxylic acids is 1. The summed E-state index contributed by atoms with van der Waals surface area (Å²) in [6.07, 6.45) is 3.28. The van der Waals surface area contributed by atoms with Crippen molar-refractivity contribution in [3.8, 4) is 6.07 Å². The van der Waals surface area contributed by atoms with E-state index in [1.54, 1.807) is 0 Å². The molecule has 0 spiro atoms. The molecule has 4 nitrogen and oxygen atoms in total. The lowest BCUT2D eigenvalue weighted by Gasteiger charge is -2.34. The Morgan fingerprint density at radius 2 is 2.12 bits per heavy atom. The lowest BCUT2D eigenvalue weighted by molar-refractivity contribution is -0.143. The van der Waals surface area contributed by atoms with E-state index in [1.807, 2.05) is 11.8 Å². The zero-order valence-electron chi connectivity index (χ0n) is 9.74. The molecule has 0 bridgehead atoms. The van der Waals surface area contributed by atoms with Gasteiger partial charge in [0.2, 0.25) is 5.91 Å². The number of nitriles is 1. The Labute approximate surface area is 96.2 Å². The summed E-state index contributed by atoms with van der Waals surface area (Å²) < 4.78 is 5.24. The quantitative estimate of drug-likeness (QED) is 0.723. The molecule has 1 aliphatic heterocycles. The summed E-state index contributed by atoms with van der Waals surface area (Å²) in [6.45, 7) is 3.76. The van der Waals surface area contributed by atoms with E-state index in [0.717, 1.165) is 12.8 Å². The van der Waals surface area contributed by atoms with Gasteiger partial charge in [-0.1, -0.05) is 0 Å². The highest BCUT2D eigenvalue weighted by Gasteiger charge is 2.46. The summed E-state index contributed by atoms with van der Waals surface area (Å²) in [6, 6.07) is 2.64. The SMILES string of the molecule is CCN(C(=O)C1(C#N)CCOCC1)C1CC1. The summed E-state index contributed by atoms with van der Waals surface area (Å²) in [4.78, 5) is 14.3. The van der Waals surface area contributed by atoms with Crippen molar-refractivity contribution in [3.63, 3.8) is 0 Å². The first-order valence-electron chi connectivity index (χ1n) is 6.03. The van der Waals surface area contributed by atoms with Gasteiger partial charge in [0.05, 0.1) is 6.07 Å². The molecule has 1 aliphatic carbocycles. The Morgan fingerprint density at radius 3 is 2.56 bits per heavy atom. The first-order chi connectivity index (χ1) is 7.73. The zero-order chi connectivity index (χ0) is 11.6. The average Bonchev–Trinajstić information content (AvgIpc) is 3.15.